The van der Waals surface area contributed by atoms with E-state index in [0.717, 1.165) is 19.3 Å². The molecule has 0 fully saturated rings. The van der Waals surface area contributed by atoms with Crippen LogP contribution in [0.3, 0.4) is 0 Å². The Morgan fingerprint density at radius 2 is 1.89 bits per heavy atom. The molecule has 4 nitrogen and oxygen atoms in total. The van der Waals surface area contributed by atoms with Crippen molar-refractivity contribution in [3.63, 3.8) is 0 Å². The van der Waals surface area contributed by atoms with Crippen molar-refractivity contribution < 1.29 is 19.3 Å². The fourth-order valence-corrected chi connectivity index (χ4v) is 1.45. The largest absolute Gasteiger partial charge is 0.382 e. The van der Waals surface area contributed by atoms with Gasteiger partial charge in [0.1, 0.15) is 6.61 Å². The quantitative estimate of drug-likeness (QED) is 0.405. The third kappa shape index (κ3) is 5.29. The van der Waals surface area contributed by atoms with E-state index in [1.165, 1.54) is 5.56 Å². The Hall–Kier alpha value is -1.39. The van der Waals surface area contributed by atoms with Crippen molar-refractivity contribution in [3.8, 4) is 0 Å². The molecule has 0 aliphatic carbocycles. The number of aryl methyl sites for hydroxylation is 1. The van der Waals surface area contributed by atoms with Crippen molar-refractivity contribution in [2.45, 2.75) is 26.2 Å². The number of benzene rings is 1. The maximum atomic E-state index is 11.5. The fourth-order valence-electron chi connectivity index (χ4n) is 1.45. The van der Waals surface area contributed by atoms with E-state index in [-0.39, 0.29) is 6.61 Å². The summed E-state index contributed by atoms with van der Waals surface area (Å²) >= 11 is 0. The Balaban J connectivity index is 2.38. The topological polar surface area (TPSA) is 44.8 Å². The highest BCUT2D eigenvalue weighted by Crippen LogP contribution is 2.09. The van der Waals surface area contributed by atoms with Crippen LogP contribution in [0.2, 0.25) is 0 Å². The van der Waals surface area contributed by atoms with Gasteiger partial charge in [0.15, 0.2) is 0 Å². The molecular formula is C14H20O4. The minimum Gasteiger partial charge on any atom is -0.382 e. The molecule has 0 amide bonds. The molecule has 4 heteroatoms. The average molecular weight is 252 g/mol. The molecule has 0 atom stereocenters. The van der Waals surface area contributed by atoms with Crippen LogP contribution in [0.5, 0.6) is 0 Å². The molecule has 0 bridgehead atoms. The van der Waals surface area contributed by atoms with E-state index >= 15 is 0 Å². The van der Waals surface area contributed by atoms with Crippen LogP contribution < -0.4 is 0 Å². The first-order valence-electron chi connectivity index (χ1n) is 6.19. The summed E-state index contributed by atoms with van der Waals surface area (Å²) in [6.07, 6.45) is 3.36. The molecule has 0 saturated carbocycles. The molecule has 0 radical (unpaired) electrons. The van der Waals surface area contributed by atoms with Crippen LogP contribution in [0.1, 0.15) is 35.7 Å². The highest BCUT2D eigenvalue weighted by atomic mass is 17.2. The van der Waals surface area contributed by atoms with Gasteiger partial charge in [-0.3, -0.25) is 4.89 Å². The third-order valence-electron chi connectivity index (χ3n) is 2.51. The Kier molecular flexibility index (Phi) is 7.06. The summed E-state index contributed by atoms with van der Waals surface area (Å²) in [6.45, 7) is 2.78. The maximum Gasteiger partial charge on any atom is 0.373 e. The summed E-state index contributed by atoms with van der Waals surface area (Å²) in [5.74, 6) is -0.479. The molecule has 0 N–H and O–H groups in total. The normalized spacial score (nSPS) is 10.3. The van der Waals surface area contributed by atoms with Gasteiger partial charge < -0.3 is 4.74 Å². The van der Waals surface area contributed by atoms with Gasteiger partial charge in [-0.1, -0.05) is 25.5 Å². The number of unbranched alkanes of at least 4 members (excludes halogenated alkanes) is 1. The van der Waals surface area contributed by atoms with Gasteiger partial charge in [0.25, 0.3) is 0 Å². The van der Waals surface area contributed by atoms with Crippen LogP contribution in [0.15, 0.2) is 24.3 Å². The van der Waals surface area contributed by atoms with E-state index < -0.39 is 5.97 Å². The lowest BCUT2D eigenvalue weighted by Gasteiger charge is -2.04. The lowest BCUT2D eigenvalue weighted by Crippen LogP contribution is -2.09. The minimum absolute atomic E-state index is 0.233. The molecule has 100 valence electrons. The number of rotatable bonds is 8. The fraction of sp³-hybridized carbons (Fsp3) is 0.500. The van der Waals surface area contributed by atoms with E-state index in [0.29, 0.717) is 12.2 Å². The molecule has 0 aliphatic rings. The number of methoxy groups -OCH3 is 1. The lowest BCUT2D eigenvalue weighted by atomic mass is 10.1. The molecule has 0 heterocycles. The molecule has 1 aromatic carbocycles. The van der Waals surface area contributed by atoms with Gasteiger partial charge in [-0.05, 0) is 30.5 Å². The smallest absolute Gasteiger partial charge is 0.373 e. The molecule has 1 rings (SSSR count). The van der Waals surface area contributed by atoms with Gasteiger partial charge in [0.2, 0.25) is 0 Å². The van der Waals surface area contributed by atoms with E-state index in [4.69, 9.17) is 9.62 Å². The average Bonchev–Trinajstić information content (AvgIpc) is 2.41. The number of hydrogen-bond donors (Lipinski definition) is 0. The summed E-state index contributed by atoms with van der Waals surface area (Å²) < 4.78 is 4.77. The van der Waals surface area contributed by atoms with Crippen LogP contribution in [-0.4, -0.2) is 26.3 Å². The SMILES string of the molecule is CCCCc1ccc(C(=O)OOCCOC)cc1. The Morgan fingerprint density at radius 1 is 1.17 bits per heavy atom. The van der Waals surface area contributed by atoms with Crippen LogP contribution >= 0.6 is 0 Å². The molecule has 18 heavy (non-hydrogen) atoms. The number of carbonyl (C=O) groups is 1. The van der Waals surface area contributed by atoms with Gasteiger partial charge in [0, 0.05) is 7.11 Å². The van der Waals surface area contributed by atoms with E-state index in [2.05, 4.69) is 11.8 Å². The van der Waals surface area contributed by atoms with E-state index in [1.807, 2.05) is 12.1 Å². The van der Waals surface area contributed by atoms with E-state index in [1.54, 1.807) is 19.2 Å². The van der Waals surface area contributed by atoms with Crippen LogP contribution in [0.25, 0.3) is 0 Å². The molecule has 0 spiro atoms. The molecule has 0 unspecified atom stereocenters. The van der Waals surface area contributed by atoms with Crippen LogP contribution in [-0.2, 0) is 20.9 Å². The Morgan fingerprint density at radius 3 is 2.50 bits per heavy atom. The second-order valence-corrected chi connectivity index (χ2v) is 3.99. The first-order valence-corrected chi connectivity index (χ1v) is 6.19. The van der Waals surface area contributed by atoms with Crippen molar-refractivity contribution in [2.24, 2.45) is 0 Å². The summed E-state index contributed by atoms with van der Waals surface area (Å²) in [5, 5.41) is 0. The zero-order chi connectivity index (χ0) is 13.2. The van der Waals surface area contributed by atoms with Gasteiger partial charge in [-0.2, -0.15) is 4.89 Å². The summed E-state index contributed by atoms with van der Waals surface area (Å²) in [4.78, 5) is 20.9. The molecule has 1 aromatic rings. The van der Waals surface area contributed by atoms with Crippen molar-refractivity contribution in [2.75, 3.05) is 20.3 Å². The van der Waals surface area contributed by atoms with Gasteiger partial charge in [0.05, 0.1) is 12.2 Å². The molecule has 0 saturated heterocycles. The zero-order valence-corrected chi connectivity index (χ0v) is 11.0. The van der Waals surface area contributed by atoms with E-state index in [9.17, 15) is 4.79 Å². The van der Waals surface area contributed by atoms with Gasteiger partial charge in [-0.15, -0.1) is 0 Å². The minimum atomic E-state index is -0.479. The van der Waals surface area contributed by atoms with Crippen molar-refractivity contribution in [1.82, 2.24) is 0 Å². The number of ether oxygens (including phenoxy) is 1. The zero-order valence-electron chi connectivity index (χ0n) is 11.0. The number of carbonyl (C=O) groups excluding carboxylic acids is 1. The highest BCUT2D eigenvalue weighted by Gasteiger charge is 2.07. The molecular weight excluding hydrogens is 232 g/mol. The maximum absolute atomic E-state index is 11.5. The predicted octanol–water partition coefficient (Wildman–Crippen LogP) is 2.76. The summed E-state index contributed by atoms with van der Waals surface area (Å²) in [5.41, 5.74) is 1.72. The summed E-state index contributed by atoms with van der Waals surface area (Å²) in [7, 11) is 1.56. The van der Waals surface area contributed by atoms with Crippen LogP contribution in [0, 0.1) is 0 Å². The first-order chi connectivity index (χ1) is 8.77. The monoisotopic (exact) mass is 252 g/mol. The number of hydrogen-bond acceptors (Lipinski definition) is 4. The Bertz CT molecular complexity index is 345. The standard InChI is InChI=1S/C14H20O4/c1-3-4-5-12-6-8-13(9-7-12)14(15)18-17-11-10-16-2/h6-9H,3-5,10-11H2,1-2H3. The summed E-state index contributed by atoms with van der Waals surface area (Å²) in [6, 6.07) is 7.41. The molecule has 0 aromatic heterocycles. The third-order valence-corrected chi connectivity index (χ3v) is 2.51. The van der Waals surface area contributed by atoms with Gasteiger partial charge >= 0.3 is 5.97 Å². The first kappa shape index (κ1) is 14.7. The Labute approximate surface area is 108 Å². The highest BCUT2D eigenvalue weighted by molar-refractivity contribution is 5.88. The van der Waals surface area contributed by atoms with Crippen molar-refractivity contribution in [3.05, 3.63) is 35.4 Å². The van der Waals surface area contributed by atoms with Crippen molar-refractivity contribution in [1.29, 1.82) is 0 Å². The predicted molar refractivity (Wildman–Crippen MR) is 68.3 cm³/mol. The van der Waals surface area contributed by atoms with Crippen molar-refractivity contribution >= 4 is 5.97 Å². The second-order valence-electron chi connectivity index (χ2n) is 3.99. The van der Waals surface area contributed by atoms with Gasteiger partial charge in [-0.25, -0.2) is 4.79 Å². The molecule has 0 aliphatic heterocycles. The lowest BCUT2D eigenvalue weighted by molar-refractivity contribution is -0.246. The van der Waals surface area contributed by atoms with Crippen LogP contribution in [0.4, 0.5) is 0 Å². The second kappa shape index (κ2) is 8.66.